The van der Waals surface area contributed by atoms with E-state index in [1.165, 1.54) is 32.7 Å². The maximum absolute atomic E-state index is 12.1. The van der Waals surface area contributed by atoms with E-state index < -0.39 is 0 Å². The summed E-state index contributed by atoms with van der Waals surface area (Å²) in [4.78, 5) is 24.4. The molecule has 0 spiro atoms. The maximum Gasteiger partial charge on any atom is 0.279 e. The van der Waals surface area contributed by atoms with Crippen molar-refractivity contribution in [1.82, 2.24) is 10.9 Å². The van der Waals surface area contributed by atoms with Gasteiger partial charge >= 0.3 is 0 Å². The number of hydrogen-bond acceptors (Lipinski definition) is 6. The number of thiophene rings is 1. The first-order valence-electron chi connectivity index (χ1n) is 7.01. The van der Waals surface area contributed by atoms with Crippen molar-refractivity contribution in [2.75, 3.05) is 21.3 Å². The lowest BCUT2D eigenvalue weighted by molar-refractivity contribution is -0.121. The summed E-state index contributed by atoms with van der Waals surface area (Å²) >= 11 is 1.29. The van der Waals surface area contributed by atoms with Crippen molar-refractivity contribution in [2.45, 2.75) is 6.42 Å². The fourth-order valence-electron chi connectivity index (χ4n) is 2.12. The number of carbonyl (C=O) groups excluding carboxylic acids is 2. The fraction of sp³-hybridized carbons (Fsp3) is 0.250. The van der Waals surface area contributed by atoms with Crippen LogP contribution in [-0.2, 0) is 11.2 Å². The second-order valence-electron chi connectivity index (χ2n) is 4.65. The van der Waals surface area contributed by atoms with Crippen LogP contribution in [0.4, 0.5) is 0 Å². The molecular weight excluding hydrogens is 332 g/mol. The van der Waals surface area contributed by atoms with Gasteiger partial charge in [-0.3, -0.25) is 20.4 Å². The van der Waals surface area contributed by atoms with Gasteiger partial charge in [0, 0.05) is 5.56 Å². The number of hydrogen-bond donors (Lipinski definition) is 2. The molecular formula is C16H18N2O5S. The lowest BCUT2D eigenvalue weighted by Gasteiger charge is -2.15. The van der Waals surface area contributed by atoms with Crippen molar-refractivity contribution >= 4 is 23.2 Å². The minimum absolute atomic E-state index is 0.00818. The van der Waals surface area contributed by atoms with Gasteiger partial charge in [-0.1, -0.05) is 12.1 Å². The number of amides is 2. The van der Waals surface area contributed by atoms with Crippen LogP contribution in [0.15, 0.2) is 29.6 Å². The summed E-state index contributed by atoms with van der Waals surface area (Å²) in [5.41, 5.74) is 5.36. The van der Waals surface area contributed by atoms with Crippen molar-refractivity contribution in [1.29, 1.82) is 0 Å². The van der Waals surface area contributed by atoms with Crippen LogP contribution in [0.25, 0.3) is 0 Å². The number of carbonyl (C=O) groups is 2. The Morgan fingerprint density at radius 3 is 2.33 bits per heavy atom. The van der Waals surface area contributed by atoms with E-state index in [-0.39, 0.29) is 18.2 Å². The molecule has 0 aliphatic carbocycles. The molecule has 0 fully saturated rings. The quantitative estimate of drug-likeness (QED) is 0.776. The second-order valence-corrected chi connectivity index (χ2v) is 5.60. The van der Waals surface area contributed by atoms with Gasteiger partial charge in [0.05, 0.1) is 32.6 Å². The normalized spacial score (nSPS) is 9.96. The van der Waals surface area contributed by atoms with E-state index in [4.69, 9.17) is 14.2 Å². The number of methoxy groups -OCH3 is 3. The van der Waals surface area contributed by atoms with Gasteiger partial charge in [0.2, 0.25) is 11.7 Å². The Balaban J connectivity index is 2.04. The van der Waals surface area contributed by atoms with Crippen LogP contribution in [0, 0.1) is 0 Å². The van der Waals surface area contributed by atoms with Gasteiger partial charge in [0.1, 0.15) is 0 Å². The zero-order valence-corrected chi connectivity index (χ0v) is 14.4. The van der Waals surface area contributed by atoms with Crippen LogP contribution in [0.1, 0.15) is 15.2 Å². The third kappa shape index (κ3) is 3.96. The summed E-state index contributed by atoms with van der Waals surface area (Å²) in [6.45, 7) is 0. The van der Waals surface area contributed by atoms with Crippen LogP contribution in [0.3, 0.4) is 0 Å². The Morgan fingerprint density at radius 1 is 1.00 bits per heavy atom. The van der Waals surface area contributed by atoms with E-state index >= 15 is 0 Å². The van der Waals surface area contributed by atoms with E-state index in [9.17, 15) is 9.59 Å². The van der Waals surface area contributed by atoms with Crippen LogP contribution in [-0.4, -0.2) is 33.1 Å². The molecule has 8 heteroatoms. The van der Waals surface area contributed by atoms with E-state index in [1.807, 2.05) is 0 Å². The molecule has 0 aliphatic heterocycles. The summed E-state index contributed by atoms with van der Waals surface area (Å²) in [6.07, 6.45) is 0.00818. The fourth-order valence-corrected chi connectivity index (χ4v) is 2.73. The van der Waals surface area contributed by atoms with Gasteiger partial charge in [-0.2, -0.15) is 0 Å². The smallest absolute Gasteiger partial charge is 0.279 e. The van der Waals surface area contributed by atoms with E-state index in [2.05, 4.69) is 10.9 Å². The molecule has 0 bridgehead atoms. The minimum atomic E-state index is -0.384. The van der Waals surface area contributed by atoms with Crippen LogP contribution >= 0.6 is 11.3 Å². The van der Waals surface area contributed by atoms with E-state index in [0.717, 1.165) is 0 Å². The SMILES string of the molecule is COc1ccc(CC(=O)NNC(=O)c2cccs2)c(OC)c1OC. The number of hydrazine groups is 1. The molecule has 0 unspecified atom stereocenters. The minimum Gasteiger partial charge on any atom is -0.493 e. The molecule has 0 saturated heterocycles. The van der Waals surface area contributed by atoms with E-state index in [0.29, 0.717) is 27.7 Å². The second kappa shape index (κ2) is 8.21. The van der Waals surface area contributed by atoms with Crippen molar-refractivity contribution in [3.8, 4) is 17.2 Å². The number of rotatable bonds is 6. The predicted octanol–water partition coefficient (Wildman–Crippen LogP) is 1.78. The van der Waals surface area contributed by atoms with Crippen LogP contribution in [0.5, 0.6) is 17.2 Å². The van der Waals surface area contributed by atoms with Gasteiger partial charge in [-0.15, -0.1) is 11.3 Å². The van der Waals surface area contributed by atoms with Gasteiger partial charge in [-0.25, -0.2) is 0 Å². The highest BCUT2D eigenvalue weighted by Crippen LogP contribution is 2.39. The molecule has 2 rings (SSSR count). The molecule has 0 atom stereocenters. The Labute approximate surface area is 143 Å². The zero-order chi connectivity index (χ0) is 17.5. The summed E-state index contributed by atoms with van der Waals surface area (Å²) in [5.74, 6) is 0.581. The van der Waals surface area contributed by atoms with Crippen LogP contribution in [0.2, 0.25) is 0 Å². The zero-order valence-electron chi connectivity index (χ0n) is 13.5. The molecule has 2 amide bonds. The molecule has 7 nitrogen and oxygen atoms in total. The first-order chi connectivity index (χ1) is 11.6. The lowest BCUT2D eigenvalue weighted by Crippen LogP contribution is -2.42. The summed E-state index contributed by atoms with van der Waals surface area (Å²) in [6, 6.07) is 6.83. The third-order valence-electron chi connectivity index (χ3n) is 3.20. The van der Waals surface area contributed by atoms with E-state index in [1.54, 1.807) is 29.6 Å². The molecule has 2 aromatic rings. The van der Waals surface area contributed by atoms with Gasteiger partial charge in [-0.05, 0) is 17.5 Å². The molecule has 24 heavy (non-hydrogen) atoms. The van der Waals surface area contributed by atoms with Gasteiger partial charge in [0.25, 0.3) is 5.91 Å². The van der Waals surface area contributed by atoms with Crippen LogP contribution < -0.4 is 25.1 Å². The molecule has 1 aromatic heterocycles. The topological polar surface area (TPSA) is 85.9 Å². The van der Waals surface area contributed by atoms with Crippen molar-refractivity contribution < 1.29 is 23.8 Å². The summed E-state index contributed by atoms with van der Waals surface area (Å²) in [7, 11) is 4.49. The first-order valence-corrected chi connectivity index (χ1v) is 7.89. The highest BCUT2D eigenvalue weighted by Gasteiger charge is 2.18. The molecule has 0 aliphatic rings. The predicted molar refractivity (Wildman–Crippen MR) is 89.7 cm³/mol. The lowest BCUT2D eigenvalue weighted by atomic mass is 10.1. The largest absolute Gasteiger partial charge is 0.493 e. The van der Waals surface area contributed by atoms with Crippen molar-refractivity contribution in [2.24, 2.45) is 0 Å². The molecule has 2 N–H and O–H groups in total. The number of benzene rings is 1. The Bertz CT molecular complexity index is 716. The average molecular weight is 350 g/mol. The van der Waals surface area contributed by atoms with Crippen molar-refractivity contribution in [3.05, 3.63) is 40.1 Å². The molecule has 128 valence electrons. The number of nitrogens with one attached hydrogen (secondary N) is 2. The maximum atomic E-state index is 12.1. The van der Waals surface area contributed by atoms with Gasteiger partial charge < -0.3 is 14.2 Å². The highest BCUT2D eigenvalue weighted by atomic mass is 32.1. The molecule has 1 heterocycles. The van der Waals surface area contributed by atoms with Crippen molar-refractivity contribution in [3.63, 3.8) is 0 Å². The number of ether oxygens (including phenoxy) is 3. The standard InChI is InChI=1S/C16H18N2O5S/c1-21-11-7-6-10(14(22-2)15(11)23-3)9-13(19)17-18-16(20)12-5-4-8-24-12/h4-8H,9H2,1-3H3,(H,17,19)(H,18,20). The molecule has 0 radical (unpaired) electrons. The Morgan fingerprint density at radius 2 is 1.75 bits per heavy atom. The highest BCUT2D eigenvalue weighted by molar-refractivity contribution is 7.12. The summed E-state index contributed by atoms with van der Waals surface area (Å²) < 4.78 is 15.8. The summed E-state index contributed by atoms with van der Waals surface area (Å²) in [5, 5.41) is 1.78. The Hall–Kier alpha value is -2.74. The monoisotopic (exact) mass is 350 g/mol. The molecule has 1 aromatic carbocycles. The van der Waals surface area contributed by atoms with Gasteiger partial charge in [0.15, 0.2) is 11.5 Å². The molecule has 0 saturated carbocycles. The average Bonchev–Trinajstić information content (AvgIpc) is 3.13. The Kier molecular flexibility index (Phi) is 6.02. The first kappa shape index (κ1) is 17.6. The third-order valence-corrected chi connectivity index (χ3v) is 4.07.